The van der Waals surface area contributed by atoms with E-state index in [1.807, 2.05) is 44.2 Å². The maximum atomic E-state index is 13.9. The van der Waals surface area contributed by atoms with Crippen LogP contribution in [-0.2, 0) is 12.8 Å². The van der Waals surface area contributed by atoms with Crippen LogP contribution in [0.2, 0.25) is 0 Å². The number of halogens is 2. The molecular weight excluding hydrogens is 548 g/mol. The highest BCUT2D eigenvalue weighted by atomic mass is 19.1. The van der Waals surface area contributed by atoms with Gasteiger partial charge in [0.2, 0.25) is 0 Å². The van der Waals surface area contributed by atoms with E-state index in [1.54, 1.807) is 30.0 Å². The maximum absolute atomic E-state index is 13.9. The van der Waals surface area contributed by atoms with Gasteiger partial charge in [0.15, 0.2) is 0 Å². The Hall–Kier alpha value is -4.22. The van der Waals surface area contributed by atoms with Crippen molar-refractivity contribution in [2.75, 3.05) is 19.6 Å². The third kappa shape index (κ3) is 10.8. The van der Waals surface area contributed by atoms with Crippen LogP contribution in [0.25, 0.3) is 0 Å². The van der Waals surface area contributed by atoms with Gasteiger partial charge in [-0.2, -0.15) is 0 Å². The van der Waals surface area contributed by atoms with Crippen molar-refractivity contribution in [3.63, 3.8) is 0 Å². The zero-order chi connectivity index (χ0) is 31.2. The van der Waals surface area contributed by atoms with Crippen LogP contribution in [0.5, 0.6) is 0 Å². The number of benzene rings is 3. The van der Waals surface area contributed by atoms with Crippen LogP contribution >= 0.6 is 0 Å². The molecule has 0 spiro atoms. The normalized spacial score (nSPS) is 12.0. The summed E-state index contributed by atoms with van der Waals surface area (Å²) in [6.07, 6.45) is 1.89. The summed E-state index contributed by atoms with van der Waals surface area (Å²) >= 11 is 0. The molecule has 3 aromatic carbocycles. The average Bonchev–Trinajstić information content (AvgIpc) is 2.97. The lowest BCUT2D eigenvalue weighted by molar-refractivity contribution is 0.0755. The van der Waals surface area contributed by atoms with Crippen LogP contribution in [0.1, 0.15) is 70.5 Å². The molecule has 2 atom stereocenters. The molecule has 0 saturated heterocycles. The number of nitrogens with one attached hydrogen (secondary N) is 2. The lowest BCUT2D eigenvalue weighted by atomic mass is 9.99. The van der Waals surface area contributed by atoms with E-state index >= 15 is 0 Å². The van der Waals surface area contributed by atoms with Crippen molar-refractivity contribution < 1.29 is 23.5 Å². The Labute approximate surface area is 253 Å². The van der Waals surface area contributed by atoms with E-state index in [0.29, 0.717) is 25.1 Å². The smallest absolute Gasteiger partial charge is 0.253 e. The Bertz CT molecular complexity index is 1390. The Morgan fingerprint density at radius 3 is 2.21 bits per heavy atom. The third-order valence-corrected chi connectivity index (χ3v) is 6.89. The van der Waals surface area contributed by atoms with Crippen LogP contribution in [-0.4, -0.2) is 53.6 Å². The number of carbonyl (C=O) groups is 2. The fraction of sp³-hybridized carbons (Fsp3) is 0.371. The molecule has 228 valence electrons. The van der Waals surface area contributed by atoms with Gasteiger partial charge in [-0.25, -0.2) is 8.78 Å². The predicted molar refractivity (Wildman–Crippen MR) is 166 cm³/mol. The van der Waals surface area contributed by atoms with Crippen molar-refractivity contribution in [1.82, 2.24) is 15.5 Å². The number of amides is 2. The SMILES string of the molecule is CCCN(CCC)C(=O)c1cc(C)cc(C(=O)N[C@@H](Cc2cc(F)cc(F)c2)[C@H](O)CNC#CCCc2ccccc2)c1. The van der Waals surface area contributed by atoms with Crippen LogP contribution in [0, 0.1) is 30.5 Å². The van der Waals surface area contributed by atoms with E-state index in [0.717, 1.165) is 30.9 Å². The van der Waals surface area contributed by atoms with Gasteiger partial charge in [0.25, 0.3) is 11.8 Å². The average molecular weight is 590 g/mol. The lowest BCUT2D eigenvalue weighted by Crippen LogP contribution is -2.48. The Morgan fingerprint density at radius 2 is 1.56 bits per heavy atom. The molecule has 2 amide bonds. The highest BCUT2D eigenvalue weighted by Crippen LogP contribution is 2.16. The van der Waals surface area contributed by atoms with Crippen LogP contribution < -0.4 is 10.6 Å². The third-order valence-electron chi connectivity index (χ3n) is 6.89. The molecule has 8 heteroatoms. The second-order valence-electron chi connectivity index (χ2n) is 10.7. The van der Waals surface area contributed by atoms with Crippen molar-refractivity contribution in [3.8, 4) is 12.0 Å². The predicted octanol–water partition coefficient (Wildman–Crippen LogP) is 5.42. The first kappa shape index (κ1) is 33.3. The minimum Gasteiger partial charge on any atom is -0.389 e. The molecule has 0 saturated carbocycles. The highest BCUT2D eigenvalue weighted by molar-refractivity contribution is 6.00. The van der Waals surface area contributed by atoms with Gasteiger partial charge in [0.05, 0.1) is 18.7 Å². The number of nitrogens with zero attached hydrogens (tertiary/aromatic N) is 1. The first-order valence-corrected chi connectivity index (χ1v) is 14.8. The standard InChI is InChI=1S/C35H41F2N3O3/c1-4-15-40(16-5-2)35(43)29-18-25(3)17-28(22-29)34(42)39-32(21-27-19-30(36)23-31(37)20-27)33(41)24-38-14-10-9-13-26-11-7-6-8-12-26/h6-8,11-12,17-20,22-23,32-33,38,41H,4-5,9,13,15-16,21,24H2,1-3H3,(H,39,42)/t32-,33+/m0/s1. The number of hydrogen-bond acceptors (Lipinski definition) is 4. The molecule has 0 aliphatic rings. The van der Waals surface area contributed by atoms with E-state index in [9.17, 15) is 23.5 Å². The van der Waals surface area contributed by atoms with Crippen molar-refractivity contribution >= 4 is 11.8 Å². The molecule has 0 aliphatic heterocycles. The van der Waals surface area contributed by atoms with E-state index in [2.05, 4.69) is 22.6 Å². The van der Waals surface area contributed by atoms with E-state index in [-0.39, 0.29) is 30.0 Å². The van der Waals surface area contributed by atoms with Gasteiger partial charge in [0, 0.05) is 42.7 Å². The van der Waals surface area contributed by atoms with Gasteiger partial charge >= 0.3 is 0 Å². The fourth-order valence-corrected chi connectivity index (χ4v) is 4.87. The molecule has 3 N–H and O–H groups in total. The van der Waals surface area contributed by atoms with Crippen molar-refractivity contribution in [3.05, 3.63) is 106 Å². The second-order valence-corrected chi connectivity index (χ2v) is 10.7. The molecule has 43 heavy (non-hydrogen) atoms. The number of aliphatic hydroxyl groups excluding tert-OH is 1. The number of carbonyl (C=O) groups excluding carboxylic acids is 2. The van der Waals surface area contributed by atoms with E-state index in [4.69, 9.17) is 0 Å². The Balaban J connectivity index is 1.75. The minimum absolute atomic E-state index is 0.0155. The van der Waals surface area contributed by atoms with Gasteiger partial charge < -0.3 is 20.6 Å². The second kappa shape index (κ2) is 17.0. The lowest BCUT2D eigenvalue weighted by Gasteiger charge is -2.25. The summed E-state index contributed by atoms with van der Waals surface area (Å²) in [4.78, 5) is 28.4. The molecule has 6 nitrogen and oxygen atoms in total. The largest absolute Gasteiger partial charge is 0.389 e. The Kier molecular flexibility index (Phi) is 13.2. The molecule has 0 radical (unpaired) electrons. The topological polar surface area (TPSA) is 81.7 Å². The fourth-order valence-electron chi connectivity index (χ4n) is 4.87. The molecule has 0 aromatic heterocycles. The molecule has 0 bridgehead atoms. The van der Waals surface area contributed by atoms with Crippen LogP contribution in [0.15, 0.2) is 66.7 Å². The highest BCUT2D eigenvalue weighted by Gasteiger charge is 2.24. The molecule has 0 unspecified atom stereocenters. The number of rotatable bonds is 14. The first-order chi connectivity index (χ1) is 20.7. The zero-order valence-corrected chi connectivity index (χ0v) is 25.1. The number of aryl methyl sites for hydroxylation is 2. The summed E-state index contributed by atoms with van der Waals surface area (Å²) in [5.41, 5.74) is 2.86. The summed E-state index contributed by atoms with van der Waals surface area (Å²) in [6.45, 7) is 7.06. The van der Waals surface area contributed by atoms with Gasteiger partial charge in [-0.15, -0.1) is 0 Å². The Morgan fingerprint density at radius 1 is 0.907 bits per heavy atom. The summed E-state index contributed by atoms with van der Waals surface area (Å²) in [5.74, 6) is 0.861. The van der Waals surface area contributed by atoms with E-state index in [1.165, 1.54) is 17.7 Å². The van der Waals surface area contributed by atoms with Crippen LogP contribution in [0.3, 0.4) is 0 Å². The molecule has 3 rings (SSSR count). The molecule has 0 fully saturated rings. The van der Waals surface area contributed by atoms with Gasteiger partial charge in [-0.05, 0) is 79.6 Å². The number of hydrogen-bond donors (Lipinski definition) is 3. The van der Waals surface area contributed by atoms with Gasteiger partial charge in [-0.3, -0.25) is 9.59 Å². The van der Waals surface area contributed by atoms with Gasteiger partial charge in [-0.1, -0.05) is 50.1 Å². The van der Waals surface area contributed by atoms with E-state index < -0.39 is 29.7 Å². The number of aliphatic hydroxyl groups is 1. The summed E-state index contributed by atoms with van der Waals surface area (Å²) in [7, 11) is 0. The summed E-state index contributed by atoms with van der Waals surface area (Å²) < 4.78 is 27.9. The molecule has 0 aliphatic carbocycles. The molecular formula is C35H41F2N3O3. The van der Waals surface area contributed by atoms with Crippen molar-refractivity contribution in [2.24, 2.45) is 0 Å². The van der Waals surface area contributed by atoms with Crippen LogP contribution in [0.4, 0.5) is 8.78 Å². The maximum Gasteiger partial charge on any atom is 0.253 e. The van der Waals surface area contributed by atoms with Crippen molar-refractivity contribution in [1.29, 1.82) is 0 Å². The quantitative estimate of drug-likeness (QED) is 0.173. The monoisotopic (exact) mass is 589 g/mol. The summed E-state index contributed by atoms with van der Waals surface area (Å²) in [5, 5.41) is 16.7. The van der Waals surface area contributed by atoms with Gasteiger partial charge in [0.1, 0.15) is 11.6 Å². The minimum atomic E-state index is -1.13. The molecule has 3 aromatic rings. The van der Waals surface area contributed by atoms with Crippen molar-refractivity contribution in [2.45, 2.75) is 65.0 Å². The molecule has 0 heterocycles. The zero-order valence-electron chi connectivity index (χ0n) is 25.1. The summed E-state index contributed by atoms with van der Waals surface area (Å²) in [6, 6.07) is 20.0. The first-order valence-electron chi connectivity index (χ1n) is 14.8.